The Morgan fingerprint density at radius 3 is 2.55 bits per heavy atom. The van der Waals surface area contributed by atoms with Gasteiger partial charge in [-0.25, -0.2) is 0 Å². The van der Waals surface area contributed by atoms with Crippen LogP contribution in [0.15, 0.2) is 5.11 Å². The van der Waals surface area contributed by atoms with Gasteiger partial charge in [-0.2, -0.15) is 0 Å². The van der Waals surface area contributed by atoms with Gasteiger partial charge in [-0.1, -0.05) is 11.5 Å². The molecular weight excluding hydrogens is 140 g/mol. The average molecular weight is 156 g/mol. The Balaban J connectivity index is 2.96. The summed E-state index contributed by atoms with van der Waals surface area (Å²) < 4.78 is 0. The van der Waals surface area contributed by atoms with E-state index in [1.54, 1.807) is 0 Å². The molecule has 4 heteroatoms. The van der Waals surface area contributed by atoms with Crippen LogP contribution in [0.25, 0.3) is 10.4 Å². The summed E-state index contributed by atoms with van der Waals surface area (Å²) in [4.78, 5) is 4.84. The Hall–Kier alpha value is -0.730. The highest BCUT2D eigenvalue weighted by atomic mass is 15.1. The monoisotopic (exact) mass is 156 g/mol. The van der Waals surface area contributed by atoms with Gasteiger partial charge in [0.1, 0.15) is 0 Å². The van der Waals surface area contributed by atoms with Gasteiger partial charge in [-0.05, 0) is 39.0 Å². The molecule has 0 radical (unpaired) electrons. The minimum absolute atomic E-state index is 0.643. The lowest BCUT2D eigenvalue weighted by Crippen LogP contribution is -2.12. The van der Waals surface area contributed by atoms with Gasteiger partial charge in [0.25, 0.3) is 0 Å². The predicted molar refractivity (Wildman–Crippen MR) is 46.4 cm³/mol. The maximum Gasteiger partial charge on any atom is 0.0257 e. The summed E-state index contributed by atoms with van der Waals surface area (Å²) in [5, 5.41) is 3.46. The fourth-order valence-corrected chi connectivity index (χ4v) is 0.832. The van der Waals surface area contributed by atoms with E-state index in [2.05, 4.69) is 29.0 Å². The van der Waals surface area contributed by atoms with Crippen molar-refractivity contribution in [2.45, 2.75) is 19.3 Å². The molecule has 0 atom stereocenters. The molecule has 0 unspecified atom stereocenters. The van der Waals surface area contributed by atoms with Gasteiger partial charge < -0.3 is 4.90 Å². The third-order valence-electron chi connectivity index (χ3n) is 1.43. The summed E-state index contributed by atoms with van der Waals surface area (Å²) in [6.45, 7) is 1.76. The molecule has 0 rings (SSSR count). The van der Waals surface area contributed by atoms with E-state index in [0.717, 1.165) is 19.4 Å². The number of nitrogens with zero attached hydrogens (tertiary/aromatic N) is 4. The predicted octanol–water partition coefficient (Wildman–Crippen LogP) is 2.03. The fraction of sp³-hybridized carbons (Fsp3) is 1.00. The minimum atomic E-state index is 0.643. The zero-order valence-electron chi connectivity index (χ0n) is 7.32. The minimum Gasteiger partial charge on any atom is -0.309 e. The van der Waals surface area contributed by atoms with Gasteiger partial charge in [-0.3, -0.25) is 0 Å². The molecule has 0 aromatic rings. The first kappa shape index (κ1) is 10.3. The van der Waals surface area contributed by atoms with Crippen LogP contribution in [0.5, 0.6) is 0 Å². The summed E-state index contributed by atoms with van der Waals surface area (Å²) in [6.07, 6.45) is 3.35. The van der Waals surface area contributed by atoms with Gasteiger partial charge in [0.15, 0.2) is 0 Å². The van der Waals surface area contributed by atoms with Gasteiger partial charge in [0, 0.05) is 11.5 Å². The van der Waals surface area contributed by atoms with Crippen molar-refractivity contribution in [1.82, 2.24) is 4.90 Å². The van der Waals surface area contributed by atoms with Gasteiger partial charge >= 0.3 is 0 Å². The number of hydrogen-bond donors (Lipinski definition) is 0. The molecule has 0 aliphatic carbocycles. The molecule has 0 heterocycles. The molecule has 64 valence electrons. The molecule has 0 fully saturated rings. The standard InChI is InChI=1S/C7H16N4/c1-11(2)7-5-3-4-6-9-10-8/h3-7H2,1-2H3. The molecule has 11 heavy (non-hydrogen) atoms. The zero-order chi connectivity index (χ0) is 8.53. The number of unbranched alkanes of at least 4 members (excludes halogenated alkanes) is 2. The van der Waals surface area contributed by atoms with Crippen molar-refractivity contribution in [3.8, 4) is 0 Å². The third-order valence-corrected chi connectivity index (χ3v) is 1.43. The highest BCUT2D eigenvalue weighted by Gasteiger charge is 1.89. The van der Waals surface area contributed by atoms with Crippen LogP contribution in [0, 0.1) is 0 Å². The molecule has 0 saturated heterocycles. The molecule has 0 saturated carbocycles. The van der Waals surface area contributed by atoms with Gasteiger partial charge in [0.2, 0.25) is 0 Å². The molecule has 4 nitrogen and oxygen atoms in total. The van der Waals surface area contributed by atoms with Crippen LogP contribution in [0.1, 0.15) is 19.3 Å². The Bertz CT molecular complexity index is 126. The first-order valence-electron chi connectivity index (χ1n) is 3.93. The van der Waals surface area contributed by atoms with Crippen LogP contribution in [0.3, 0.4) is 0 Å². The van der Waals surface area contributed by atoms with Crippen LogP contribution < -0.4 is 0 Å². The lowest BCUT2D eigenvalue weighted by Gasteiger charge is -2.07. The fourth-order valence-electron chi connectivity index (χ4n) is 0.832. The lowest BCUT2D eigenvalue weighted by atomic mass is 10.2. The Morgan fingerprint density at radius 1 is 1.27 bits per heavy atom. The van der Waals surface area contributed by atoms with Crippen molar-refractivity contribution in [1.29, 1.82) is 0 Å². The van der Waals surface area contributed by atoms with Crippen LogP contribution in [-0.2, 0) is 0 Å². The highest BCUT2D eigenvalue weighted by Crippen LogP contribution is 1.96. The van der Waals surface area contributed by atoms with Crippen molar-refractivity contribution >= 4 is 0 Å². The van der Waals surface area contributed by atoms with Crippen molar-refractivity contribution < 1.29 is 0 Å². The first-order valence-corrected chi connectivity index (χ1v) is 3.93. The molecule has 0 N–H and O–H groups in total. The summed E-state index contributed by atoms with van der Waals surface area (Å²) >= 11 is 0. The summed E-state index contributed by atoms with van der Waals surface area (Å²) in [6, 6.07) is 0. The zero-order valence-corrected chi connectivity index (χ0v) is 7.32. The number of azide groups is 1. The van der Waals surface area contributed by atoms with Crippen LogP contribution in [0.2, 0.25) is 0 Å². The van der Waals surface area contributed by atoms with E-state index in [9.17, 15) is 0 Å². The molecule has 0 spiro atoms. The van der Waals surface area contributed by atoms with E-state index in [1.807, 2.05) is 0 Å². The second-order valence-corrected chi connectivity index (χ2v) is 2.82. The second kappa shape index (κ2) is 7.38. The summed E-state index contributed by atoms with van der Waals surface area (Å²) in [5.74, 6) is 0. The van der Waals surface area contributed by atoms with Crippen LogP contribution >= 0.6 is 0 Å². The molecule has 0 amide bonds. The third kappa shape index (κ3) is 9.27. The average Bonchev–Trinajstić information content (AvgIpc) is 1.96. The maximum absolute atomic E-state index is 7.96. The van der Waals surface area contributed by atoms with Gasteiger partial charge in [-0.15, -0.1) is 0 Å². The smallest absolute Gasteiger partial charge is 0.0257 e. The van der Waals surface area contributed by atoms with E-state index in [4.69, 9.17) is 5.53 Å². The molecule has 0 aliphatic rings. The van der Waals surface area contributed by atoms with E-state index in [-0.39, 0.29) is 0 Å². The van der Waals surface area contributed by atoms with E-state index in [1.165, 1.54) is 6.42 Å². The highest BCUT2D eigenvalue weighted by molar-refractivity contribution is 4.50. The Kier molecular flexibility index (Phi) is 6.89. The van der Waals surface area contributed by atoms with Crippen LogP contribution in [-0.4, -0.2) is 32.1 Å². The Morgan fingerprint density at radius 2 is 2.00 bits per heavy atom. The van der Waals surface area contributed by atoms with Crippen molar-refractivity contribution in [2.24, 2.45) is 5.11 Å². The van der Waals surface area contributed by atoms with E-state index >= 15 is 0 Å². The quantitative estimate of drug-likeness (QED) is 0.251. The molecule has 0 aromatic heterocycles. The van der Waals surface area contributed by atoms with Crippen molar-refractivity contribution in [2.75, 3.05) is 27.2 Å². The maximum atomic E-state index is 7.96. The lowest BCUT2D eigenvalue weighted by molar-refractivity contribution is 0.392. The van der Waals surface area contributed by atoms with Crippen molar-refractivity contribution in [3.05, 3.63) is 10.4 Å². The van der Waals surface area contributed by atoms with Crippen molar-refractivity contribution in [3.63, 3.8) is 0 Å². The van der Waals surface area contributed by atoms with Gasteiger partial charge in [0.05, 0.1) is 0 Å². The SMILES string of the molecule is CN(C)CCCCCN=[N+]=[N-]. The second-order valence-electron chi connectivity index (χ2n) is 2.82. The van der Waals surface area contributed by atoms with E-state index in [0.29, 0.717) is 6.54 Å². The molecular formula is C7H16N4. The number of rotatable bonds is 6. The largest absolute Gasteiger partial charge is 0.309 e. The Labute approximate surface area is 67.8 Å². The number of hydrogen-bond acceptors (Lipinski definition) is 2. The first-order chi connectivity index (χ1) is 5.27. The van der Waals surface area contributed by atoms with Crippen LogP contribution in [0.4, 0.5) is 0 Å². The summed E-state index contributed by atoms with van der Waals surface area (Å²) in [5.41, 5.74) is 7.96. The summed E-state index contributed by atoms with van der Waals surface area (Å²) in [7, 11) is 4.13. The normalized spacial score (nSPS) is 9.73. The molecule has 0 aliphatic heterocycles. The van der Waals surface area contributed by atoms with E-state index < -0.39 is 0 Å². The molecule has 0 aromatic carbocycles. The molecule has 0 bridgehead atoms. The topological polar surface area (TPSA) is 52.0 Å².